The predicted octanol–water partition coefficient (Wildman–Crippen LogP) is 2.93. The molecule has 6 nitrogen and oxygen atoms in total. The average molecular weight is 370 g/mol. The van der Waals surface area contributed by atoms with Crippen LogP contribution in [0.15, 0.2) is 42.5 Å². The number of aryl methyl sites for hydroxylation is 1. The molecule has 2 aromatic rings. The first kappa shape index (κ1) is 18.6. The van der Waals surface area contributed by atoms with Gasteiger partial charge in [0.1, 0.15) is 5.82 Å². The van der Waals surface area contributed by atoms with E-state index in [1.54, 1.807) is 25.1 Å². The van der Waals surface area contributed by atoms with Gasteiger partial charge in [-0.3, -0.25) is 14.4 Å². The number of rotatable bonds is 4. The topological polar surface area (TPSA) is 86.7 Å². The van der Waals surface area contributed by atoms with E-state index in [4.69, 9.17) is 5.11 Å². The van der Waals surface area contributed by atoms with Crippen LogP contribution in [-0.2, 0) is 4.79 Å². The molecule has 27 heavy (non-hydrogen) atoms. The normalized spacial score (nSPS) is 16.2. The first-order valence-corrected chi connectivity index (χ1v) is 8.55. The van der Waals surface area contributed by atoms with E-state index in [9.17, 15) is 18.8 Å². The third kappa shape index (κ3) is 3.97. The summed E-state index contributed by atoms with van der Waals surface area (Å²) in [6.45, 7) is 2.31. The Morgan fingerprint density at radius 2 is 1.93 bits per heavy atom. The first-order chi connectivity index (χ1) is 12.9. The van der Waals surface area contributed by atoms with Crippen LogP contribution < -0.4 is 5.32 Å². The van der Waals surface area contributed by atoms with Gasteiger partial charge in [-0.25, -0.2) is 4.39 Å². The summed E-state index contributed by atoms with van der Waals surface area (Å²) in [4.78, 5) is 37.5. The molecule has 1 atom stereocenters. The van der Waals surface area contributed by atoms with E-state index in [-0.39, 0.29) is 18.0 Å². The molecule has 0 spiro atoms. The van der Waals surface area contributed by atoms with Crippen LogP contribution in [0.2, 0.25) is 0 Å². The van der Waals surface area contributed by atoms with Gasteiger partial charge in [-0.05, 0) is 43.2 Å². The Bertz CT molecular complexity index is 913. The van der Waals surface area contributed by atoms with Gasteiger partial charge in [0, 0.05) is 24.3 Å². The van der Waals surface area contributed by atoms with Crippen molar-refractivity contribution in [2.24, 2.45) is 5.92 Å². The number of aliphatic carboxylic acids is 1. The van der Waals surface area contributed by atoms with Gasteiger partial charge in [0.05, 0.1) is 11.5 Å². The minimum absolute atomic E-state index is 0.0857. The molecule has 2 amide bonds. The molecular formula is C20H19FN2O4. The van der Waals surface area contributed by atoms with E-state index in [1.165, 1.54) is 29.2 Å². The maximum Gasteiger partial charge on any atom is 0.308 e. The molecule has 3 rings (SSSR count). The second-order valence-electron chi connectivity index (χ2n) is 6.54. The van der Waals surface area contributed by atoms with Crippen LogP contribution in [0.3, 0.4) is 0 Å². The number of carbonyl (C=O) groups excluding carboxylic acids is 2. The van der Waals surface area contributed by atoms with Crippen LogP contribution in [0, 0.1) is 18.7 Å². The summed E-state index contributed by atoms with van der Waals surface area (Å²) in [6.07, 6.45) is 0.420. The molecule has 1 aliphatic heterocycles. The standard InChI is InChI=1S/C20H19FN2O4/c1-12-6-7-13(19(25)23-9-8-14(11-23)20(26)27)10-17(12)22-18(24)15-4-2-3-5-16(15)21/h2-7,10,14H,8-9,11H2,1H3,(H,22,24)(H,26,27). The summed E-state index contributed by atoms with van der Waals surface area (Å²) in [7, 11) is 0. The predicted molar refractivity (Wildman–Crippen MR) is 97.2 cm³/mol. The molecule has 2 aromatic carbocycles. The van der Waals surface area contributed by atoms with Crippen molar-refractivity contribution in [3.63, 3.8) is 0 Å². The number of carboxylic acids is 1. The van der Waals surface area contributed by atoms with Crippen molar-refractivity contribution >= 4 is 23.5 Å². The number of nitrogens with zero attached hydrogens (tertiary/aromatic N) is 1. The number of hydrogen-bond donors (Lipinski definition) is 2. The van der Waals surface area contributed by atoms with Crippen molar-refractivity contribution in [2.45, 2.75) is 13.3 Å². The van der Waals surface area contributed by atoms with Crippen molar-refractivity contribution in [2.75, 3.05) is 18.4 Å². The molecule has 1 unspecified atom stereocenters. The van der Waals surface area contributed by atoms with Gasteiger partial charge in [0.15, 0.2) is 0 Å². The summed E-state index contributed by atoms with van der Waals surface area (Å²) in [6, 6.07) is 10.5. The lowest BCUT2D eigenvalue weighted by molar-refractivity contribution is -0.141. The smallest absolute Gasteiger partial charge is 0.308 e. The van der Waals surface area contributed by atoms with Gasteiger partial charge in [0.2, 0.25) is 0 Å². The molecule has 140 valence electrons. The number of carboxylic acid groups (broad SMARTS) is 1. The number of likely N-dealkylation sites (tertiary alicyclic amines) is 1. The van der Waals surface area contributed by atoms with E-state index in [2.05, 4.69) is 5.32 Å². The van der Waals surface area contributed by atoms with Crippen LogP contribution in [0.25, 0.3) is 0 Å². The Morgan fingerprint density at radius 1 is 1.19 bits per heavy atom. The summed E-state index contributed by atoms with van der Waals surface area (Å²) in [5, 5.41) is 11.7. The van der Waals surface area contributed by atoms with Crippen LogP contribution in [0.4, 0.5) is 10.1 Å². The molecule has 0 aliphatic carbocycles. The second kappa shape index (κ2) is 7.57. The van der Waals surface area contributed by atoms with E-state index >= 15 is 0 Å². The Kier molecular flexibility index (Phi) is 5.21. The Hall–Kier alpha value is -3.22. The maximum absolute atomic E-state index is 13.8. The number of benzene rings is 2. The summed E-state index contributed by atoms with van der Waals surface area (Å²) in [5.74, 6) is -2.99. The van der Waals surface area contributed by atoms with Crippen molar-refractivity contribution < 1.29 is 23.9 Å². The molecule has 0 saturated carbocycles. The Balaban J connectivity index is 1.78. The molecule has 0 aromatic heterocycles. The highest BCUT2D eigenvalue weighted by Gasteiger charge is 2.31. The highest BCUT2D eigenvalue weighted by molar-refractivity contribution is 6.05. The largest absolute Gasteiger partial charge is 0.481 e. The number of amides is 2. The zero-order valence-electron chi connectivity index (χ0n) is 14.7. The van der Waals surface area contributed by atoms with E-state index < -0.39 is 23.6 Å². The number of anilines is 1. The van der Waals surface area contributed by atoms with E-state index in [0.29, 0.717) is 24.2 Å². The second-order valence-corrected chi connectivity index (χ2v) is 6.54. The molecule has 0 bridgehead atoms. The van der Waals surface area contributed by atoms with Crippen LogP contribution in [0.5, 0.6) is 0 Å². The monoisotopic (exact) mass is 370 g/mol. The Labute approximate surface area is 155 Å². The molecular weight excluding hydrogens is 351 g/mol. The van der Waals surface area contributed by atoms with Gasteiger partial charge >= 0.3 is 5.97 Å². The van der Waals surface area contributed by atoms with Crippen molar-refractivity contribution in [1.29, 1.82) is 0 Å². The van der Waals surface area contributed by atoms with Crippen molar-refractivity contribution in [1.82, 2.24) is 4.90 Å². The van der Waals surface area contributed by atoms with E-state index in [1.807, 2.05) is 0 Å². The van der Waals surface area contributed by atoms with Crippen molar-refractivity contribution in [3.05, 3.63) is 65.0 Å². The fraction of sp³-hybridized carbons (Fsp3) is 0.250. The fourth-order valence-corrected chi connectivity index (χ4v) is 3.05. The zero-order valence-corrected chi connectivity index (χ0v) is 14.7. The first-order valence-electron chi connectivity index (χ1n) is 8.55. The fourth-order valence-electron chi connectivity index (χ4n) is 3.05. The maximum atomic E-state index is 13.8. The molecule has 7 heteroatoms. The molecule has 1 saturated heterocycles. The van der Waals surface area contributed by atoms with E-state index in [0.717, 1.165) is 5.56 Å². The average Bonchev–Trinajstić information content (AvgIpc) is 3.13. The van der Waals surface area contributed by atoms with Gasteiger partial charge < -0.3 is 15.3 Å². The number of carbonyl (C=O) groups is 3. The number of hydrogen-bond acceptors (Lipinski definition) is 3. The van der Waals surface area contributed by atoms with Gasteiger partial charge in [-0.1, -0.05) is 18.2 Å². The van der Waals surface area contributed by atoms with Crippen LogP contribution in [0.1, 0.15) is 32.7 Å². The summed E-state index contributed by atoms with van der Waals surface area (Å²) < 4.78 is 13.8. The van der Waals surface area contributed by atoms with Crippen LogP contribution in [-0.4, -0.2) is 40.9 Å². The lowest BCUT2D eigenvalue weighted by atomic mass is 10.1. The highest BCUT2D eigenvalue weighted by Crippen LogP contribution is 2.23. The lowest BCUT2D eigenvalue weighted by Crippen LogP contribution is -2.30. The minimum atomic E-state index is -0.910. The van der Waals surface area contributed by atoms with Gasteiger partial charge in [-0.15, -0.1) is 0 Å². The summed E-state index contributed by atoms with van der Waals surface area (Å²) >= 11 is 0. The van der Waals surface area contributed by atoms with Crippen LogP contribution >= 0.6 is 0 Å². The SMILES string of the molecule is Cc1ccc(C(=O)N2CCC(C(=O)O)C2)cc1NC(=O)c1ccccc1F. The lowest BCUT2D eigenvalue weighted by Gasteiger charge is -2.17. The number of halogens is 1. The van der Waals surface area contributed by atoms with Crippen molar-refractivity contribution in [3.8, 4) is 0 Å². The third-order valence-corrected chi connectivity index (χ3v) is 4.68. The minimum Gasteiger partial charge on any atom is -0.481 e. The molecule has 2 N–H and O–H groups in total. The molecule has 1 aliphatic rings. The van der Waals surface area contributed by atoms with Gasteiger partial charge in [-0.2, -0.15) is 0 Å². The molecule has 0 radical (unpaired) electrons. The molecule has 1 heterocycles. The zero-order chi connectivity index (χ0) is 19.6. The summed E-state index contributed by atoms with van der Waals surface area (Å²) in [5.41, 5.74) is 1.39. The number of nitrogens with one attached hydrogen (secondary N) is 1. The quantitative estimate of drug-likeness (QED) is 0.866. The third-order valence-electron chi connectivity index (χ3n) is 4.68. The highest BCUT2D eigenvalue weighted by atomic mass is 19.1. The Morgan fingerprint density at radius 3 is 2.59 bits per heavy atom. The van der Waals surface area contributed by atoms with Gasteiger partial charge in [0.25, 0.3) is 11.8 Å². The molecule has 1 fully saturated rings.